The van der Waals surface area contributed by atoms with Crippen molar-refractivity contribution in [2.24, 2.45) is 11.7 Å². The average molecular weight is 429 g/mol. The Bertz CT molecular complexity index is 1030. The van der Waals surface area contributed by atoms with Crippen LogP contribution in [0.4, 0.5) is 30.2 Å². The van der Waals surface area contributed by atoms with Crippen LogP contribution in [0.3, 0.4) is 0 Å². The predicted octanol–water partition coefficient (Wildman–Crippen LogP) is 4.64. The van der Waals surface area contributed by atoms with Gasteiger partial charge in [-0.3, -0.25) is 4.79 Å². The van der Waals surface area contributed by atoms with E-state index in [0.717, 1.165) is 22.5 Å². The van der Waals surface area contributed by atoms with Crippen molar-refractivity contribution in [2.45, 2.75) is 12.6 Å². The number of amides is 1. The minimum absolute atomic E-state index is 0.0248. The van der Waals surface area contributed by atoms with E-state index in [1.165, 1.54) is 12.2 Å². The smallest absolute Gasteiger partial charge is 0.395 e. The summed E-state index contributed by atoms with van der Waals surface area (Å²) in [6, 6.07) is 12.9. The summed E-state index contributed by atoms with van der Waals surface area (Å²) in [6.07, 6.45) is 0.107. The monoisotopic (exact) mass is 429 g/mol. The molecule has 2 aromatic carbocycles. The number of nitrogens with one attached hydrogen (secondary N) is 1. The molecule has 1 heterocycles. The van der Waals surface area contributed by atoms with E-state index in [0.29, 0.717) is 24.5 Å². The highest BCUT2D eigenvalue weighted by Crippen LogP contribution is 2.37. The highest BCUT2D eigenvalue weighted by molar-refractivity contribution is 5.98. The van der Waals surface area contributed by atoms with Crippen LogP contribution in [0.25, 0.3) is 5.57 Å². The summed E-state index contributed by atoms with van der Waals surface area (Å²) in [4.78, 5) is 13.6. The zero-order valence-electron chi connectivity index (χ0n) is 16.7. The Morgan fingerprint density at radius 3 is 2.52 bits per heavy atom. The van der Waals surface area contributed by atoms with E-state index in [1.807, 2.05) is 42.5 Å². The van der Waals surface area contributed by atoms with Crippen LogP contribution in [-0.2, 0) is 4.79 Å². The normalized spacial score (nSPS) is 18.3. The molecule has 4 rings (SSSR count). The molecule has 1 aliphatic carbocycles. The lowest BCUT2D eigenvalue weighted by Crippen LogP contribution is -2.41. The fourth-order valence-corrected chi connectivity index (χ4v) is 3.65. The molecule has 1 amide bonds. The number of fused-ring (bicyclic) bond motifs is 1. The van der Waals surface area contributed by atoms with Gasteiger partial charge in [-0.15, -0.1) is 0 Å². The third kappa shape index (κ3) is 4.59. The zero-order chi connectivity index (χ0) is 22.0. The Morgan fingerprint density at radius 2 is 1.87 bits per heavy atom. The highest BCUT2D eigenvalue weighted by Gasteiger charge is 2.37. The summed E-state index contributed by atoms with van der Waals surface area (Å²) in [5, 5.41) is 3.27. The molecule has 31 heavy (non-hydrogen) atoms. The van der Waals surface area contributed by atoms with E-state index in [1.54, 1.807) is 11.0 Å². The summed E-state index contributed by atoms with van der Waals surface area (Å²) >= 11 is 0. The van der Waals surface area contributed by atoms with Gasteiger partial charge in [0.1, 0.15) is 5.75 Å². The number of benzene rings is 2. The summed E-state index contributed by atoms with van der Waals surface area (Å²) < 4.78 is 43.9. The van der Waals surface area contributed by atoms with Crippen LogP contribution in [0.5, 0.6) is 5.75 Å². The van der Waals surface area contributed by atoms with E-state index in [-0.39, 0.29) is 18.9 Å². The molecular weight excluding hydrogens is 407 g/mol. The van der Waals surface area contributed by atoms with Gasteiger partial charge in [-0.1, -0.05) is 30.4 Å². The number of nitrogens with two attached hydrogens (primary N) is 1. The molecule has 162 valence electrons. The Balaban J connectivity index is 1.45. The lowest BCUT2D eigenvalue weighted by Gasteiger charge is -2.29. The minimum atomic E-state index is -4.21. The third-order valence-corrected chi connectivity index (χ3v) is 5.28. The number of halogens is 3. The molecule has 0 saturated heterocycles. The van der Waals surface area contributed by atoms with Crippen LogP contribution in [-0.4, -0.2) is 31.8 Å². The number of carbonyl (C=O) groups excluding carboxylic acids is 1. The van der Waals surface area contributed by atoms with Gasteiger partial charge in [0.15, 0.2) is 6.61 Å². The maximum Gasteiger partial charge on any atom is 0.395 e. The molecule has 5 nitrogen and oxygen atoms in total. The Labute approximate surface area is 178 Å². The number of ether oxygens (including phenoxy) is 1. The maximum absolute atomic E-state index is 12.8. The second-order valence-electron chi connectivity index (χ2n) is 7.41. The number of alkyl halides is 3. The molecule has 3 N–H and O–H groups in total. The first-order valence-electron chi connectivity index (χ1n) is 9.95. The summed E-state index contributed by atoms with van der Waals surface area (Å²) in [6.45, 7) is 0.764. The average Bonchev–Trinajstić information content (AvgIpc) is 2.76. The lowest BCUT2D eigenvalue weighted by molar-refractivity contribution is -0.160. The number of allylic oxidation sites excluding steroid dienone is 4. The van der Waals surface area contributed by atoms with Crippen molar-refractivity contribution in [3.63, 3.8) is 0 Å². The summed E-state index contributed by atoms with van der Waals surface area (Å²) in [7, 11) is 0. The first kappa shape index (κ1) is 21.0. The predicted molar refractivity (Wildman–Crippen MR) is 114 cm³/mol. The van der Waals surface area contributed by atoms with Gasteiger partial charge in [0.25, 0.3) is 5.91 Å². The molecule has 1 aliphatic heterocycles. The Hall–Kier alpha value is -3.26. The van der Waals surface area contributed by atoms with Crippen LogP contribution < -0.4 is 20.7 Å². The standard InChI is InChI=1S/C23H22F3N3O2/c24-23(25,26)17-5-1-15(2-6-17)16-3-7-18(8-4-16)28-19-9-10-20-21(13-19)31-14-22(30)29(20)12-11-27/h1-5,7-10,13,17,28H,6,11-12,14,27H2. The van der Waals surface area contributed by atoms with Gasteiger partial charge in [-0.2, -0.15) is 13.2 Å². The van der Waals surface area contributed by atoms with E-state index in [4.69, 9.17) is 10.5 Å². The highest BCUT2D eigenvalue weighted by atomic mass is 19.4. The molecule has 8 heteroatoms. The van der Waals surface area contributed by atoms with Gasteiger partial charge in [-0.05, 0) is 41.8 Å². The van der Waals surface area contributed by atoms with Crippen molar-refractivity contribution >= 4 is 28.5 Å². The van der Waals surface area contributed by atoms with Crippen LogP contribution in [0.2, 0.25) is 0 Å². The summed E-state index contributed by atoms with van der Waals surface area (Å²) in [5.74, 6) is -0.937. The number of carbonyl (C=O) groups is 1. The molecule has 2 aromatic rings. The van der Waals surface area contributed by atoms with Gasteiger partial charge in [0.05, 0.1) is 11.6 Å². The third-order valence-electron chi connectivity index (χ3n) is 5.28. The van der Waals surface area contributed by atoms with Crippen LogP contribution in [0, 0.1) is 5.92 Å². The van der Waals surface area contributed by atoms with Crippen molar-refractivity contribution < 1.29 is 22.7 Å². The first-order chi connectivity index (χ1) is 14.8. The lowest BCUT2D eigenvalue weighted by atomic mass is 9.92. The van der Waals surface area contributed by atoms with E-state index in [9.17, 15) is 18.0 Å². The molecule has 1 unspecified atom stereocenters. The van der Waals surface area contributed by atoms with Crippen LogP contribution in [0.15, 0.2) is 60.7 Å². The molecule has 0 bridgehead atoms. The van der Waals surface area contributed by atoms with Crippen molar-refractivity contribution in [1.29, 1.82) is 0 Å². The molecule has 0 saturated carbocycles. The van der Waals surface area contributed by atoms with Crippen LogP contribution in [0.1, 0.15) is 12.0 Å². The Kier molecular flexibility index (Phi) is 5.73. The molecule has 0 fully saturated rings. The Morgan fingerprint density at radius 1 is 1.13 bits per heavy atom. The van der Waals surface area contributed by atoms with Gasteiger partial charge < -0.3 is 20.7 Å². The van der Waals surface area contributed by atoms with Crippen LogP contribution >= 0.6 is 0 Å². The molecule has 0 radical (unpaired) electrons. The van der Waals surface area contributed by atoms with E-state index < -0.39 is 12.1 Å². The molecule has 0 aromatic heterocycles. The van der Waals surface area contributed by atoms with E-state index in [2.05, 4.69) is 5.32 Å². The van der Waals surface area contributed by atoms with E-state index >= 15 is 0 Å². The van der Waals surface area contributed by atoms with Crippen molar-refractivity contribution in [2.75, 3.05) is 29.9 Å². The second kappa shape index (κ2) is 8.47. The zero-order valence-corrected chi connectivity index (χ0v) is 16.7. The number of rotatable bonds is 5. The van der Waals surface area contributed by atoms with Gasteiger partial charge >= 0.3 is 6.18 Å². The quantitative estimate of drug-likeness (QED) is 0.727. The second-order valence-corrected chi connectivity index (χ2v) is 7.41. The minimum Gasteiger partial charge on any atom is -0.481 e. The maximum atomic E-state index is 12.8. The molecule has 1 atom stereocenters. The molecule has 2 aliphatic rings. The van der Waals surface area contributed by atoms with Gasteiger partial charge in [0.2, 0.25) is 0 Å². The largest absolute Gasteiger partial charge is 0.481 e. The van der Waals surface area contributed by atoms with Gasteiger partial charge in [0, 0.05) is 30.5 Å². The molecular formula is C23H22F3N3O2. The number of anilines is 3. The number of hydrogen-bond acceptors (Lipinski definition) is 4. The SMILES string of the molecule is NCCN1C(=O)COc2cc(Nc3ccc(C4=CCC(C(F)(F)F)C=C4)cc3)ccc21. The summed E-state index contributed by atoms with van der Waals surface area (Å²) in [5.41, 5.74) is 9.53. The fourth-order valence-electron chi connectivity index (χ4n) is 3.65. The number of nitrogens with zero attached hydrogens (tertiary/aromatic N) is 1. The van der Waals surface area contributed by atoms with Crippen molar-refractivity contribution in [3.05, 3.63) is 66.3 Å². The fraction of sp³-hybridized carbons (Fsp3) is 0.261. The molecule has 0 spiro atoms. The van der Waals surface area contributed by atoms with Gasteiger partial charge in [-0.25, -0.2) is 0 Å². The number of hydrogen-bond donors (Lipinski definition) is 2. The van der Waals surface area contributed by atoms with Crippen molar-refractivity contribution in [3.8, 4) is 5.75 Å². The van der Waals surface area contributed by atoms with Crippen molar-refractivity contribution in [1.82, 2.24) is 0 Å². The topological polar surface area (TPSA) is 67.6 Å². The first-order valence-corrected chi connectivity index (χ1v) is 9.95.